The molecule has 0 saturated heterocycles. The van der Waals surface area contributed by atoms with E-state index >= 15 is 0 Å². The van der Waals surface area contributed by atoms with Crippen molar-refractivity contribution >= 4 is 28.8 Å². The zero-order valence-corrected chi connectivity index (χ0v) is 19.9. The number of ether oxygens (including phenoxy) is 1. The molecule has 192 valence electrons. The van der Waals surface area contributed by atoms with E-state index < -0.39 is 29.1 Å². The maximum absolute atomic E-state index is 13.0. The highest BCUT2D eigenvalue weighted by Crippen LogP contribution is 2.35. The smallest absolute Gasteiger partial charge is 0.433 e. The second kappa shape index (κ2) is 9.88. The molecule has 0 bridgehead atoms. The first-order valence-corrected chi connectivity index (χ1v) is 11.6. The van der Waals surface area contributed by atoms with Crippen molar-refractivity contribution in [2.75, 3.05) is 11.9 Å². The third-order valence-corrected chi connectivity index (χ3v) is 6.03. The minimum atomic E-state index is -4.68. The van der Waals surface area contributed by atoms with Gasteiger partial charge in [-0.15, -0.1) is 0 Å². The zero-order valence-electron chi connectivity index (χ0n) is 19.9. The van der Waals surface area contributed by atoms with E-state index in [0.29, 0.717) is 10.9 Å². The molecule has 0 aliphatic heterocycles. The minimum absolute atomic E-state index is 0.0688. The van der Waals surface area contributed by atoms with Gasteiger partial charge in [-0.05, 0) is 57.7 Å². The number of pyridine rings is 1. The molecule has 11 heteroatoms. The Morgan fingerprint density at radius 1 is 1.22 bits per heavy atom. The monoisotopic (exact) mass is 504 g/mol. The first kappa shape index (κ1) is 25.6. The topological polar surface area (TPSA) is 106 Å². The molecule has 4 rings (SSSR count). The van der Waals surface area contributed by atoms with Crippen molar-refractivity contribution in [1.82, 2.24) is 14.8 Å². The lowest BCUT2D eigenvalue weighted by Gasteiger charge is -2.25. The number of anilines is 1. The third kappa shape index (κ3) is 6.01. The van der Waals surface area contributed by atoms with Crippen molar-refractivity contribution in [3.05, 3.63) is 47.9 Å². The van der Waals surface area contributed by atoms with E-state index in [-0.39, 0.29) is 30.0 Å². The number of halogens is 3. The van der Waals surface area contributed by atoms with Gasteiger partial charge in [0.25, 0.3) is 5.91 Å². The molecule has 1 amide bonds. The summed E-state index contributed by atoms with van der Waals surface area (Å²) < 4.78 is 46.7. The third-order valence-electron chi connectivity index (χ3n) is 6.03. The van der Waals surface area contributed by atoms with Crippen LogP contribution in [0.4, 0.5) is 18.9 Å². The molecule has 2 N–H and O–H groups in total. The van der Waals surface area contributed by atoms with E-state index in [1.54, 1.807) is 26.0 Å². The van der Waals surface area contributed by atoms with Crippen LogP contribution in [0.5, 0.6) is 5.75 Å². The number of carbonyl (C=O) groups excluding carboxylic acids is 2. The second-order valence-corrected chi connectivity index (χ2v) is 9.68. The van der Waals surface area contributed by atoms with Gasteiger partial charge in [-0.1, -0.05) is 6.07 Å². The van der Waals surface area contributed by atoms with Crippen LogP contribution in [0.2, 0.25) is 0 Å². The Hall–Kier alpha value is -3.47. The number of carbonyl (C=O) groups is 2. The predicted octanol–water partition coefficient (Wildman–Crippen LogP) is 4.78. The van der Waals surface area contributed by atoms with Gasteiger partial charge in [0.1, 0.15) is 30.0 Å². The fraction of sp³-hybridized carbons (Fsp3) is 0.440. The number of aldehydes is 1. The number of benzene rings is 1. The first-order valence-electron chi connectivity index (χ1n) is 11.6. The Labute approximate surface area is 205 Å². The number of amides is 1. The van der Waals surface area contributed by atoms with Crippen LogP contribution in [0.1, 0.15) is 61.8 Å². The molecule has 1 fully saturated rings. The molecular formula is C25H27F3N4O4. The van der Waals surface area contributed by atoms with Gasteiger partial charge < -0.3 is 20.0 Å². The largest absolute Gasteiger partial charge is 0.488 e. The molecule has 36 heavy (non-hydrogen) atoms. The van der Waals surface area contributed by atoms with Gasteiger partial charge in [-0.3, -0.25) is 9.48 Å². The summed E-state index contributed by atoms with van der Waals surface area (Å²) in [5.74, 6) is -0.563. The first-order chi connectivity index (χ1) is 16.9. The SMILES string of the molecule is CC(C)(O)COc1cc2nn(C3CCC(C=O)CC3)cc2cc1NC(=O)c1cccc(C(F)(F)F)n1. The fourth-order valence-corrected chi connectivity index (χ4v) is 4.14. The van der Waals surface area contributed by atoms with Crippen LogP contribution in [0, 0.1) is 5.92 Å². The molecule has 0 unspecified atom stereocenters. The van der Waals surface area contributed by atoms with Gasteiger partial charge in [-0.25, -0.2) is 4.98 Å². The molecular weight excluding hydrogens is 477 g/mol. The molecule has 2 aromatic heterocycles. The van der Waals surface area contributed by atoms with Gasteiger partial charge in [0.15, 0.2) is 0 Å². The molecule has 8 nitrogen and oxygen atoms in total. The number of fused-ring (bicyclic) bond motifs is 1. The Bertz CT molecular complexity index is 1260. The zero-order chi connectivity index (χ0) is 26.1. The summed E-state index contributed by atoms with van der Waals surface area (Å²) in [4.78, 5) is 27.3. The number of nitrogens with zero attached hydrogens (tertiary/aromatic N) is 3. The molecule has 2 heterocycles. The maximum Gasteiger partial charge on any atom is 0.433 e. The summed E-state index contributed by atoms with van der Waals surface area (Å²) in [5, 5.41) is 18.0. The highest BCUT2D eigenvalue weighted by Gasteiger charge is 2.33. The van der Waals surface area contributed by atoms with Crippen molar-refractivity contribution in [2.45, 2.75) is 57.3 Å². The molecule has 1 aliphatic carbocycles. The van der Waals surface area contributed by atoms with Crippen molar-refractivity contribution < 1.29 is 32.6 Å². The highest BCUT2D eigenvalue weighted by atomic mass is 19.4. The van der Waals surface area contributed by atoms with Crippen molar-refractivity contribution in [3.63, 3.8) is 0 Å². The quantitative estimate of drug-likeness (QED) is 0.449. The lowest BCUT2D eigenvalue weighted by Crippen LogP contribution is -2.28. The van der Waals surface area contributed by atoms with Crippen molar-refractivity contribution in [3.8, 4) is 5.75 Å². The average molecular weight is 505 g/mol. The van der Waals surface area contributed by atoms with E-state index in [9.17, 15) is 27.9 Å². The number of aromatic nitrogens is 3. The van der Waals surface area contributed by atoms with Gasteiger partial charge in [0.05, 0.1) is 22.8 Å². The van der Waals surface area contributed by atoms with Crippen molar-refractivity contribution in [1.29, 1.82) is 0 Å². The van der Waals surface area contributed by atoms with Crippen LogP contribution in [0.3, 0.4) is 0 Å². The van der Waals surface area contributed by atoms with E-state index in [0.717, 1.165) is 44.1 Å². The van der Waals surface area contributed by atoms with Crippen LogP contribution >= 0.6 is 0 Å². The number of hydrogen-bond acceptors (Lipinski definition) is 6. The number of alkyl halides is 3. The fourth-order valence-electron chi connectivity index (χ4n) is 4.14. The highest BCUT2D eigenvalue weighted by molar-refractivity contribution is 6.05. The van der Waals surface area contributed by atoms with Gasteiger partial charge >= 0.3 is 6.18 Å². The summed E-state index contributed by atoms with van der Waals surface area (Å²) >= 11 is 0. The van der Waals surface area contributed by atoms with E-state index in [1.165, 1.54) is 6.07 Å². The van der Waals surface area contributed by atoms with E-state index in [2.05, 4.69) is 15.4 Å². The Morgan fingerprint density at radius 3 is 2.58 bits per heavy atom. The summed E-state index contributed by atoms with van der Waals surface area (Å²) in [6.45, 7) is 3.01. The Kier molecular flexibility index (Phi) is 7.03. The Morgan fingerprint density at radius 2 is 1.94 bits per heavy atom. The normalized spacial score (nSPS) is 18.7. The number of hydrogen-bond donors (Lipinski definition) is 2. The predicted molar refractivity (Wildman–Crippen MR) is 126 cm³/mol. The van der Waals surface area contributed by atoms with Crippen LogP contribution in [0.15, 0.2) is 36.5 Å². The standard InChI is InChI=1S/C25H27F3N4O4/c1-24(2,35)14-36-21-11-19-16(12-32(31-19)17-8-6-15(13-33)7-9-17)10-20(21)30-23(34)18-4-3-5-22(29-18)25(26,27)28/h3-5,10-13,15,17,35H,6-9,14H2,1-2H3,(H,30,34). The average Bonchev–Trinajstić information content (AvgIpc) is 3.24. The van der Waals surface area contributed by atoms with Crippen molar-refractivity contribution in [2.24, 2.45) is 5.92 Å². The van der Waals surface area contributed by atoms with E-state index in [4.69, 9.17) is 4.74 Å². The molecule has 1 aromatic carbocycles. The molecule has 0 spiro atoms. The van der Waals surface area contributed by atoms with Gasteiger partial charge in [0.2, 0.25) is 0 Å². The Balaban J connectivity index is 1.64. The second-order valence-electron chi connectivity index (χ2n) is 9.68. The molecule has 3 aromatic rings. The van der Waals surface area contributed by atoms with Gasteiger partial charge in [-0.2, -0.15) is 18.3 Å². The lowest BCUT2D eigenvalue weighted by molar-refractivity contribution is -0.141. The van der Waals surface area contributed by atoms with Gasteiger partial charge in [0, 0.05) is 23.6 Å². The molecule has 1 aliphatic rings. The van der Waals surface area contributed by atoms with Crippen LogP contribution in [0.25, 0.3) is 10.9 Å². The molecule has 1 saturated carbocycles. The van der Waals surface area contributed by atoms with Crippen LogP contribution in [-0.2, 0) is 11.0 Å². The minimum Gasteiger partial charge on any atom is -0.488 e. The lowest BCUT2D eigenvalue weighted by atomic mass is 9.87. The number of rotatable bonds is 7. The maximum atomic E-state index is 13.0. The summed E-state index contributed by atoms with van der Waals surface area (Å²) in [6.07, 6.45) is 1.34. The van der Waals surface area contributed by atoms with E-state index in [1.807, 2.05) is 10.9 Å². The molecule has 0 atom stereocenters. The van der Waals surface area contributed by atoms with Crippen LogP contribution in [-0.4, -0.2) is 44.3 Å². The number of aliphatic hydroxyl groups is 1. The van der Waals surface area contributed by atoms with Crippen LogP contribution < -0.4 is 10.1 Å². The summed E-state index contributed by atoms with van der Waals surface area (Å²) in [6, 6.07) is 6.46. The summed E-state index contributed by atoms with van der Waals surface area (Å²) in [7, 11) is 0. The molecule has 0 radical (unpaired) electrons. The number of nitrogens with one attached hydrogen (secondary N) is 1. The summed E-state index contributed by atoms with van der Waals surface area (Å²) in [5.41, 5.74) is -1.95.